The second-order valence-corrected chi connectivity index (χ2v) is 6.64. The zero-order valence-electron chi connectivity index (χ0n) is 16.8. The molecule has 6 nitrogen and oxygen atoms in total. The summed E-state index contributed by atoms with van der Waals surface area (Å²) in [6.07, 6.45) is 0. The number of halogens is 1. The van der Waals surface area contributed by atoms with Crippen LogP contribution >= 0.6 is 12.4 Å². The van der Waals surface area contributed by atoms with Crippen LogP contribution in [0.2, 0.25) is 0 Å². The summed E-state index contributed by atoms with van der Waals surface area (Å²) in [5, 5.41) is 4.71. The molecule has 0 aliphatic heterocycles. The van der Waals surface area contributed by atoms with E-state index in [0.29, 0.717) is 19.0 Å². The van der Waals surface area contributed by atoms with Crippen LogP contribution in [0, 0.1) is 0 Å². The number of aromatic nitrogens is 3. The quantitative estimate of drug-likeness (QED) is 0.574. The molecule has 0 radical (unpaired) electrons. The minimum absolute atomic E-state index is 0. The van der Waals surface area contributed by atoms with Gasteiger partial charge in [0, 0.05) is 24.8 Å². The Labute approximate surface area is 172 Å². The predicted molar refractivity (Wildman–Crippen MR) is 114 cm³/mol. The third-order valence-corrected chi connectivity index (χ3v) is 4.21. The van der Waals surface area contributed by atoms with Gasteiger partial charge < -0.3 is 14.4 Å². The zero-order chi connectivity index (χ0) is 19.2. The molecule has 0 spiro atoms. The number of benzene rings is 2. The summed E-state index contributed by atoms with van der Waals surface area (Å²) in [4.78, 5) is 6.97. The third kappa shape index (κ3) is 5.32. The van der Waals surface area contributed by atoms with E-state index in [1.807, 2.05) is 28.9 Å². The van der Waals surface area contributed by atoms with Crippen molar-refractivity contribution < 1.29 is 9.47 Å². The lowest BCUT2D eigenvalue weighted by atomic mass is 10.1. The molecule has 2 aromatic carbocycles. The third-order valence-electron chi connectivity index (χ3n) is 4.21. The molecular formula is C21H27ClN4O2. The highest BCUT2D eigenvalue weighted by molar-refractivity contribution is 5.85. The van der Waals surface area contributed by atoms with Gasteiger partial charge in [-0.2, -0.15) is 5.10 Å². The monoisotopic (exact) mass is 402 g/mol. The first-order chi connectivity index (χ1) is 13.1. The summed E-state index contributed by atoms with van der Waals surface area (Å²) in [6.45, 7) is 2.11. The molecule has 1 heterocycles. The van der Waals surface area contributed by atoms with Crippen molar-refractivity contribution in [2.24, 2.45) is 0 Å². The van der Waals surface area contributed by atoms with E-state index < -0.39 is 0 Å². The molecule has 0 bridgehead atoms. The maximum Gasteiger partial charge on any atom is 0.181 e. The Hall–Kier alpha value is -2.41. The molecule has 28 heavy (non-hydrogen) atoms. The molecule has 0 aliphatic carbocycles. The van der Waals surface area contributed by atoms with E-state index in [-0.39, 0.29) is 12.4 Å². The minimum atomic E-state index is 0. The van der Waals surface area contributed by atoms with Crippen LogP contribution in [0.3, 0.4) is 0 Å². The molecule has 0 atom stereocenters. The van der Waals surface area contributed by atoms with Crippen molar-refractivity contribution in [1.82, 2.24) is 19.7 Å². The standard InChI is InChI=1S/C21H26N4O2.ClH/c1-24(2)15-16-6-5-7-18(14-16)21-22-20(23-25(21)12-13-26-3)17-8-10-19(27-4)11-9-17;/h5-11,14H,12-13,15H2,1-4H3;1H. The summed E-state index contributed by atoms with van der Waals surface area (Å²) >= 11 is 0. The van der Waals surface area contributed by atoms with E-state index in [2.05, 4.69) is 43.3 Å². The lowest BCUT2D eigenvalue weighted by molar-refractivity contribution is 0.184. The van der Waals surface area contributed by atoms with Crippen LogP contribution in [-0.2, 0) is 17.8 Å². The summed E-state index contributed by atoms with van der Waals surface area (Å²) in [5.41, 5.74) is 3.25. The Bertz CT molecular complexity index is 878. The van der Waals surface area contributed by atoms with E-state index in [1.165, 1.54) is 5.56 Å². The number of ether oxygens (including phenoxy) is 2. The molecule has 3 aromatic rings. The topological polar surface area (TPSA) is 52.4 Å². The van der Waals surface area contributed by atoms with Crippen LogP contribution < -0.4 is 4.74 Å². The van der Waals surface area contributed by atoms with Gasteiger partial charge in [-0.15, -0.1) is 12.4 Å². The van der Waals surface area contributed by atoms with Crippen molar-refractivity contribution in [3.8, 4) is 28.5 Å². The molecule has 0 aliphatic rings. The van der Waals surface area contributed by atoms with Crippen LogP contribution in [0.1, 0.15) is 5.56 Å². The fraction of sp³-hybridized carbons (Fsp3) is 0.333. The number of methoxy groups -OCH3 is 2. The van der Waals surface area contributed by atoms with Crippen molar-refractivity contribution in [1.29, 1.82) is 0 Å². The van der Waals surface area contributed by atoms with Crippen LogP contribution in [0.25, 0.3) is 22.8 Å². The van der Waals surface area contributed by atoms with Crippen molar-refractivity contribution in [2.75, 3.05) is 34.9 Å². The van der Waals surface area contributed by atoms with E-state index in [0.717, 1.165) is 29.2 Å². The molecule has 0 N–H and O–H groups in total. The Morgan fingerprint density at radius 1 is 1.00 bits per heavy atom. The molecule has 7 heteroatoms. The maximum atomic E-state index is 5.25. The maximum absolute atomic E-state index is 5.25. The second-order valence-electron chi connectivity index (χ2n) is 6.64. The summed E-state index contributed by atoms with van der Waals surface area (Å²) < 4.78 is 12.4. The highest BCUT2D eigenvalue weighted by atomic mass is 35.5. The van der Waals surface area contributed by atoms with Gasteiger partial charge in [0.2, 0.25) is 0 Å². The first-order valence-electron chi connectivity index (χ1n) is 8.93. The molecule has 0 saturated heterocycles. The highest BCUT2D eigenvalue weighted by Crippen LogP contribution is 2.25. The Balaban J connectivity index is 0.00000280. The molecule has 0 fully saturated rings. The fourth-order valence-corrected chi connectivity index (χ4v) is 2.93. The van der Waals surface area contributed by atoms with Crippen LogP contribution in [0.15, 0.2) is 48.5 Å². The van der Waals surface area contributed by atoms with Gasteiger partial charge in [0.15, 0.2) is 11.6 Å². The van der Waals surface area contributed by atoms with Crippen molar-refractivity contribution in [2.45, 2.75) is 13.1 Å². The average Bonchev–Trinajstić information content (AvgIpc) is 3.10. The van der Waals surface area contributed by atoms with Gasteiger partial charge in [0.25, 0.3) is 0 Å². The lowest BCUT2D eigenvalue weighted by Gasteiger charge is -2.11. The van der Waals surface area contributed by atoms with E-state index in [1.54, 1.807) is 14.2 Å². The Morgan fingerprint density at radius 3 is 2.39 bits per heavy atom. The highest BCUT2D eigenvalue weighted by Gasteiger charge is 2.14. The van der Waals surface area contributed by atoms with Gasteiger partial charge in [-0.3, -0.25) is 0 Å². The first-order valence-corrected chi connectivity index (χ1v) is 8.93. The van der Waals surface area contributed by atoms with Crippen molar-refractivity contribution in [3.63, 3.8) is 0 Å². The largest absolute Gasteiger partial charge is 0.497 e. The zero-order valence-corrected chi connectivity index (χ0v) is 17.6. The van der Waals surface area contributed by atoms with Crippen LogP contribution in [0.5, 0.6) is 5.75 Å². The van der Waals surface area contributed by atoms with Crippen LogP contribution in [-0.4, -0.2) is 54.6 Å². The predicted octanol–water partition coefficient (Wildman–Crippen LogP) is 3.75. The average molecular weight is 403 g/mol. The van der Waals surface area contributed by atoms with E-state index in [4.69, 9.17) is 19.6 Å². The second kappa shape index (κ2) is 10.2. The van der Waals surface area contributed by atoms with E-state index in [9.17, 15) is 0 Å². The number of nitrogens with zero attached hydrogens (tertiary/aromatic N) is 4. The molecular weight excluding hydrogens is 376 g/mol. The Kier molecular flexibility index (Phi) is 7.99. The number of rotatable bonds is 8. The van der Waals surface area contributed by atoms with Crippen LogP contribution in [0.4, 0.5) is 0 Å². The summed E-state index contributed by atoms with van der Waals surface area (Å²) in [7, 11) is 7.48. The Morgan fingerprint density at radius 2 is 1.75 bits per heavy atom. The van der Waals surface area contributed by atoms with Gasteiger partial charge >= 0.3 is 0 Å². The van der Waals surface area contributed by atoms with Gasteiger partial charge in [0.05, 0.1) is 20.3 Å². The fourth-order valence-electron chi connectivity index (χ4n) is 2.93. The number of hydrogen-bond donors (Lipinski definition) is 0. The summed E-state index contributed by atoms with van der Waals surface area (Å²) in [5.74, 6) is 2.36. The lowest BCUT2D eigenvalue weighted by Crippen LogP contribution is -2.11. The molecule has 3 rings (SSSR count). The smallest absolute Gasteiger partial charge is 0.181 e. The van der Waals surface area contributed by atoms with Gasteiger partial charge in [-0.25, -0.2) is 9.67 Å². The SMILES string of the molecule is COCCn1nc(-c2ccc(OC)cc2)nc1-c1cccc(CN(C)C)c1.Cl. The molecule has 0 amide bonds. The van der Waals surface area contributed by atoms with Crippen molar-refractivity contribution in [3.05, 3.63) is 54.1 Å². The summed E-state index contributed by atoms with van der Waals surface area (Å²) in [6, 6.07) is 16.2. The van der Waals surface area contributed by atoms with Gasteiger partial charge in [0.1, 0.15) is 5.75 Å². The molecule has 1 aromatic heterocycles. The minimum Gasteiger partial charge on any atom is -0.497 e. The van der Waals surface area contributed by atoms with Gasteiger partial charge in [-0.1, -0.05) is 18.2 Å². The van der Waals surface area contributed by atoms with Gasteiger partial charge in [-0.05, 0) is 50.0 Å². The first kappa shape index (κ1) is 21.9. The van der Waals surface area contributed by atoms with Crippen molar-refractivity contribution >= 4 is 12.4 Å². The number of hydrogen-bond acceptors (Lipinski definition) is 5. The molecule has 0 saturated carbocycles. The van der Waals surface area contributed by atoms with E-state index >= 15 is 0 Å². The normalized spacial score (nSPS) is 10.8. The molecule has 0 unspecified atom stereocenters. The molecule has 150 valence electrons.